The van der Waals surface area contributed by atoms with E-state index in [4.69, 9.17) is 27.3 Å². The van der Waals surface area contributed by atoms with Crippen molar-refractivity contribution < 1.29 is 4.74 Å². The molecule has 2 N–H and O–H groups in total. The minimum Gasteiger partial charge on any atom is -0.487 e. The summed E-state index contributed by atoms with van der Waals surface area (Å²) in [5.41, 5.74) is 8.17. The number of halogens is 1. The predicted molar refractivity (Wildman–Crippen MR) is 72.9 cm³/mol. The van der Waals surface area contributed by atoms with E-state index in [1.165, 1.54) is 0 Å². The highest BCUT2D eigenvalue weighted by atomic mass is 35.5. The molecule has 1 heterocycles. The summed E-state index contributed by atoms with van der Waals surface area (Å²) in [4.78, 5) is 0. The highest BCUT2D eigenvalue weighted by Crippen LogP contribution is 2.24. The number of aryl methyl sites for hydroxylation is 2. The molecule has 0 amide bonds. The number of hydrogen-bond acceptors (Lipinski definition) is 4. The van der Waals surface area contributed by atoms with Gasteiger partial charge < -0.3 is 10.5 Å². The van der Waals surface area contributed by atoms with Gasteiger partial charge in [0.1, 0.15) is 23.6 Å². The average Bonchev–Trinajstić information content (AvgIpc) is 2.62. The van der Waals surface area contributed by atoms with Crippen LogP contribution in [0.5, 0.6) is 5.75 Å². The fraction of sp³-hybridized carbons (Fsp3) is 0.231. The number of benzene rings is 1. The van der Waals surface area contributed by atoms with E-state index in [1.54, 1.807) is 29.9 Å². The summed E-state index contributed by atoms with van der Waals surface area (Å²) in [5, 5.41) is 13.8. The summed E-state index contributed by atoms with van der Waals surface area (Å²) in [6.07, 6.45) is 0. The maximum Gasteiger partial charge on any atom is 0.137 e. The lowest BCUT2D eigenvalue weighted by molar-refractivity contribution is 0.304. The highest BCUT2D eigenvalue weighted by molar-refractivity contribution is 6.30. The number of aromatic nitrogens is 2. The van der Waals surface area contributed by atoms with Crippen molar-refractivity contribution >= 4 is 17.3 Å². The van der Waals surface area contributed by atoms with Crippen molar-refractivity contribution in [1.29, 1.82) is 5.26 Å². The molecule has 0 spiro atoms. The molecule has 0 radical (unpaired) electrons. The molecule has 0 unspecified atom stereocenters. The van der Waals surface area contributed by atoms with Crippen molar-refractivity contribution in [3.8, 4) is 11.8 Å². The Morgan fingerprint density at radius 1 is 1.53 bits per heavy atom. The zero-order valence-corrected chi connectivity index (χ0v) is 11.4. The molecule has 0 saturated carbocycles. The number of rotatable bonds is 3. The lowest BCUT2D eigenvalue weighted by Gasteiger charge is -2.08. The van der Waals surface area contributed by atoms with Gasteiger partial charge in [-0.25, -0.2) is 0 Å². The number of nitrogens with zero attached hydrogens (tertiary/aromatic N) is 3. The Bertz CT molecular complexity index is 657. The number of nitrogen functional groups attached to an aromatic ring is 1. The van der Waals surface area contributed by atoms with E-state index in [2.05, 4.69) is 5.10 Å². The fourth-order valence-corrected chi connectivity index (χ4v) is 1.98. The summed E-state index contributed by atoms with van der Waals surface area (Å²) in [5.74, 6) is 0.482. The Labute approximate surface area is 116 Å². The molecular weight excluding hydrogens is 264 g/mol. The molecule has 1 aromatic heterocycles. The quantitative estimate of drug-likeness (QED) is 0.874. The zero-order chi connectivity index (χ0) is 14.0. The van der Waals surface area contributed by atoms with Gasteiger partial charge in [-0.15, -0.1) is 0 Å². The number of ether oxygens (including phenoxy) is 1. The van der Waals surface area contributed by atoms with E-state index in [9.17, 15) is 0 Å². The second-order valence-corrected chi connectivity index (χ2v) is 4.49. The first-order valence-corrected chi connectivity index (χ1v) is 6.01. The van der Waals surface area contributed by atoms with Crippen LogP contribution in [0.15, 0.2) is 18.2 Å². The molecule has 0 atom stereocenters. The van der Waals surface area contributed by atoms with Crippen LogP contribution < -0.4 is 10.5 Å². The predicted octanol–water partition coefficient (Wildman–Crippen LogP) is 2.41. The summed E-state index contributed by atoms with van der Waals surface area (Å²) >= 11 is 6.11. The average molecular weight is 277 g/mol. The number of nitriles is 1. The lowest BCUT2D eigenvalue weighted by atomic mass is 10.2. The van der Waals surface area contributed by atoms with E-state index in [-0.39, 0.29) is 6.61 Å². The summed E-state index contributed by atoms with van der Waals surface area (Å²) in [7, 11) is 1.77. The smallest absolute Gasteiger partial charge is 0.137 e. The summed E-state index contributed by atoms with van der Waals surface area (Å²) in [6, 6.07) is 6.99. The molecule has 0 bridgehead atoms. The van der Waals surface area contributed by atoms with Crippen LogP contribution in [0.1, 0.15) is 16.8 Å². The van der Waals surface area contributed by atoms with Crippen LogP contribution in [-0.4, -0.2) is 9.78 Å². The molecule has 6 heteroatoms. The molecule has 0 fully saturated rings. The van der Waals surface area contributed by atoms with Crippen LogP contribution in [0.2, 0.25) is 5.15 Å². The van der Waals surface area contributed by atoms with Crippen LogP contribution >= 0.6 is 11.6 Å². The molecule has 1 aromatic carbocycles. The minimum absolute atomic E-state index is 0.261. The first kappa shape index (κ1) is 13.2. The van der Waals surface area contributed by atoms with Crippen molar-refractivity contribution in [1.82, 2.24) is 9.78 Å². The first-order chi connectivity index (χ1) is 9.02. The van der Waals surface area contributed by atoms with Gasteiger partial charge in [-0.05, 0) is 25.1 Å². The monoisotopic (exact) mass is 276 g/mol. The Hall–Kier alpha value is -2.19. The topological polar surface area (TPSA) is 76.9 Å². The minimum atomic E-state index is 0.261. The van der Waals surface area contributed by atoms with Gasteiger partial charge in [-0.3, -0.25) is 4.68 Å². The van der Waals surface area contributed by atoms with Gasteiger partial charge in [-0.2, -0.15) is 10.4 Å². The van der Waals surface area contributed by atoms with Gasteiger partial charge in [-0.1, -0.05) is 11.6 Å². The molecule has 0 aliphatic rings. The van der Waals surface area contributed by atoms with Crippen LogP contribution in [-0.2, 0) is 13.7 Å². The third-order valence-electron chi connectivity index (χ3n) is 2.77. The van der Waals surface area contributed by atoms with Crippen LogP contribution in [0.3, 0.4) is 0 Å². The molecular formula is C13H13ClN4O. The summed E-state index contributed by atoms with van der Waals surface area (Å²) < 4.78 is 7.22. The molecule has 19 heavy (non-hydrogen) atoms. The number of anilines is 1. The van der Waals surface area contributed by atoms with E-state index in [0.29, 0.717) is 22.2 Å². The summed E-state index contributed by atoms with van der Waals surface area (Å²) in [6.45, 7) is 2.12. The second kappa shape index (κ2) is 5.21. The van der Waals surface area contributed by atoms with Crippen LogP contribution in [0.25, 0.3) is 0 Å². The third-order valence-corrected chi connectivity index (χ3v) is 3.24. The van der Waals surface area contributed by atoms with Crippen molar-refractivity contribution in [2.75, 3.05) is 5.73 Å². The standard InChI is InChI=1S/C13H13ClN4O/c1-8-11(13(14)18(2)17-8)7-19-12-4-3-10(16)5-9(12)6-15/h3-5H,7,16H2,1-2H3. The SMILES string of the molecule is Cc1nn(C)c(Cl)c1COc1ccc(N)cc1C#N. The Kier molecular flexibility index (Phi) is 3.63. The molecule has 2 rings (SSSR count). The van der Waals surface area contributed by atoms with E-state index < -0.39 is 0 Å². The number of nitrogens with two attached hydrogens (primary N) is 1. The Morgan fingerprint density at radius 2 is 2.26 bits per heavy atom. The van der Waals surface area contributed by atoms with Gasteiger partial charge in [0.15, 0.2) is 0 Å². The molecule has 2 aromatic rings. The van der Waals surface area contributed by atoms with E-state index >= 15 is 0 Å². The van der Waals surface area contributed by atoms with Crippen molar-refractivity contribution in [3.05, 3.63) is 40.2 Å². The van der Waals surface area contributed by atoms with Gasteiger partial charge in [0.2, 0.25) is 0 Å². The lowest BCUT2D eigenvalue weighted by Crippen LogP contribution is -1.99. The fourth-order valence-electron chi connectivity index (χ4n) is 1.75. The normalized spacial score (nSPS) is 10.2. The van der Waals surface area contributed by atoms with Gasteiger partial charge in [0, 0.05) is 18.3 Å². The molecule has 0 aliphatic carbocycles. The van der Waals surface area contributed by atoms with Crippen molar-refractivity contribution in [2.45, 2.75) is 13.5 Å². The zero-order valence-electron chi connectivity index (χ0n) is 10.6. The van der Waals surface area contributed by atoms with Crippen molar-refractivity contribution in [3.63, 3.8) is 0 Å². The Balaban J connectivity index is 2.22. The maximum atomic E-state index is 9.03. The van der Waals surface area contributed by atoms with E-state index in [1.807, 2.05) is 13.0 Å². The van der Waals surface area contributed by atoms with Gasteiger partial charge >= 0.3 is 0 Å². The van der Waals surface area contributed by atoms with Crippen LogP contribution in [0, 0.1) is 18.3 Å². The molecule has 98 valence electrons. The maximum absolute atomic E-state index is 9.03. The second-order valence-electron chi connectivity index (χ2n) is 4.13. The highest BCUT2D eigenvalue weighted by Gasteiger charge is 2.12. The van der Waals surface area contributed by atoms with Gasteiger partial charge in [0.05, 0.1) is 11.3 Å². The Morgan fingerprint density at radius 3 is 2.84 bits per heavy atom. The molecule has 5 nitrogen and oxygen atoms in total. The molecule has 0 aliphatic heterocycles. The van der Waals surface area contributed by atoms with E-state index in [0.717, 1.165) is 11.3 Å². The largest absolute Gasteiger partial charge is 0.487 e. The van der Waals surface area contributed by atoms with Gasteiger partial charge in [0.25, 0.3) is 0 Å². The van der Waals surface area contributed by atoms with Crippen LogP contribution in [0.4, 0.5) is 5.69 Å². The first-order valence-electron chi connectivity index (χ1n) is 5.63. The third kappa shape index (κ3) is 2.64. The molecule has 0 saturated heterocycles. The number of hydrogen-bond donors (Lipinski definition) is 1. The van der Waals surface area contributed by atoms with Crippen molar-refractivity contribution in [2.24, 2.45) is 7.05 Å².